The van der Waals surface area contributed by atoms with Crippen LogP contribution in [0.1, 0.15) is 126 Å². The predicted octanol–water partition coefficient (Wildman–Crippen LogP) is 10.2. The maximum absolute atomic E-state index is 12.0. The average Bonchev–Trinajstić information content (AvgIpc) is 3.23. The molecule has 7 unspecified atom stereocenters. The van der Waals surface area contributed by atoms with Crippen LogP contribution in [0.3, 0.4) is 0 Å². The molecular formula is C37H70O4Si2. The zero-order valence-electron chi connectivity index (χ0n) is 30.6. The van der Waals surface area contributed by atoms with Gasteiger partial charge in [-0.15, -0.1) is 0 Å². The second kappa shape index (κ2) is 12.1. The van der Waals surface area contributed by atoms with Crippen LogP contribution in [-0.4, -0.2) is 40.6 Å². The van der Waals surface area contributed by atoms with Gasteiger partial charge < -0.3 is 14.0 Å². The van der Waals surface area contributed by atoms with Gasteiger partial charge in [0.1, 0.15) is 0 Å². The van der Waals surface area contributed by atoms with E-state index >= 15 is 0 Å². The Morgan fingerprint density at radius 1 is 0.907 bits per heavy atom. The molecule has 4 rings (SSSR count). The minimum atomic E-state index is -2.32. The van der Waals surface area contributed by atoms with Gasteiger partial charge in [0.05, 0.1) is 7.11 Å². The van der Waals surface area contributed by atoms with Crippen molar-refractivity contribution in [3.63, 3.8) is 0 Å². The van der Waals surface area contributed by atoms with Crippen molar-refractivity contribution in [2.45, 2.75) is 168 Å². The lowest BCUT2D eigenvalue weighted by atomic mass is 9.42. The minimum Gasteiger partial charge on any atom is -0.469 e. The Labute approximate surface area is 268 Å². The standard InChI is InChI=1S/C37H70O4Si2/c1-25(14-17-33(38)40-9)29-15-16-30-28-22-26(24-35(5,6)42(10,11)39)32-23-27(41-43(12,13)34(2,3)4)18-20-37(32,8)31(28)19-21-36(29,30)7/h25-32,39H,14-24H2,1-13H3/t25?,26-,27-,28?,29?,30?,31?,32+,36?,37?/m1/s1. The molecule has 4 aliphatic rings. The Balaban J connectivity index is 1.62. The van der Waals surface area contributed by atoms with E-state index in [4.69, 9.17) is 9.16 Å². The summed E-state index contributed by atoms with van der Waals surface area (Å²) in [5.74, 6) is 4.96. The summed E-state index contributed by atoms with van der Waals surface area (Å²) in [6, 6.07) is 0. The van der Waals surface area contributed by atoms with E-state index in [2.05, 4.69) is 81.6 Å². The highest BCUT2D eigenvalue weighted by molar-refractivity contribution is 6.74. The topological polar surface area (TPSA) is 55.8 Å². The van der Waals surface area contributed by atoms with Crippen molar-refractivity contribution in [2.24, 2.45) is 52.3 Å². The van der Waals surface area contributed by atoms with E-state index in [-0.39, 0.29) is 16.0 Å². The fourth-order valence-corrected chi connectivity index (χ4v) is 13.1. The maximum Gasteiger partial charge on any atom is 0.305 e. The minimum absolute atomic E-state index is 0.00275. The second-order valence-electron chi connectivity index (χ2n) is 19.2. The molecule has 1 N–H and O–H groups in total. The van der Waals surface area contributed by atoms with E-state index in [0.717, 1.165) is 30.6 Å². The van der Waals surface area contributed by atoms with Crippen LogP contribution in [0.4, 0.5) is 0 Å². The molecule has 0 aromatic rings. The van der Waals surface area contributed by atoms with E-state index in [0.29, 0.717) is 47.0 Å². The third-order valence-corrected chi connectivity index (χ3v) is 23.3. The number of methoxy groups -OCH3 is 1. The van der Waals surface area contributed by atoms with Gasteiger partial charge in [-0.1, -0.05) is 55.4 Å². The molecule has 10 atom stereocenters. The quantitative estimate of drug-likeness (QED) is 0.203. The lowest BCUT2D eigenvalue weighted by Gasteiger charge is -2.64. The Morgan fingerprint density at radius 3 is 2.09 bits per heavy atom. The molecule has 0 radical (unpaired) electrons. The highest BCUT2D eigenvalue weighted by Gasteiger charge is 2.63. The summed E-state index contributed by atoms with van der Waals surface area (Å²) in [6.07, 6.45) is 13.5. The lowest BCUT2D eigenvalue weighted by Crippen LogP contribution is -2.58. The van der Waals surface area contributed by atoms with Crippen LogP contribution in [0.5, 0.6) is 0 Å². The van der Waals surface area contributed by atoms with Gasteiger partial charge in [-0.2, -0.15) is 0 Å². The van der Waals surface area contributed by atoms with Gasteiger partial charge in [0.15, 0.2) is 16.6 Å². The highest BCUT2D eigenvalue weighted by atomic mass is 28.4. The molecule has 4 nitrogen and oxygen atoms in total. The van der Waals surface area contributed by atoms with E-state index in [9.17, 15) is 9.59 Å². The third kappa shape index (κ3) is 6.66. The van der Waals surface area contributed by atoms with E-state index < -0.39 is 16.6 Å². The summed E-state index contributed by atoms with van der Waals surface area (Å²) in [5, 5.41) is 0.234. The first-order valence-corrected chi connectivity index (χ1v) is 23.9. The summed E-state index contributed by atoms with van der Waals surface area (Å²) >= 11 is 0. The van der Waals surface area contributed by atoms with Crippen LogP contribution in [0.15, 0.2) is 0 Å². The Hall–Kier alpha value is -0.176. The van der Waals surface area contributed by atoms with Crippen LogP contribution >= 0.6 is 0 Å². The first kappa shape index (κ1) is 35.7. The molecule has 4 fully saturated rings. The molecule has 0 aromatic heterocycles. The van der Waals surface area contributed by atoms with Crippen molar-refractivity contribution in [3.05, 3.63) is 0 Å². The average molecular weight is 635 g/mol. The first-order valence-electron chi connectivity index (χ1n) is 18.0. The SMILES string of the molecule is COC(=O)CCC(C)C1CCC2C3C[C@H](CC(C)(C)[Si](C)(C)O)[C@@H]4C[C@H](O[Si](C)(C)C(C)(C)C)CCC4(C)C3CCC12C. The number of rotatable bonds is 9. The molecule has 0 aromatic carbocycles. The smallest absolute Gasteiger partial charge is 0.305 e. The van der Waals surface area contributed by atoms with Gasteiger partial charge in [0.25, 0.3) is 0 Å². The number of esters is 1. The normalized spacial score (nSPS) is 39.4. The zero-order valence-corrected chi connectivity index (χ0v) is 32.6. The molecule has 43 heavy (non-hydrogen) atoms. The number of ether oxygens (including phenoxy) is 1. The molecule has 0 spiro atoms. The monoisotopic (exact) mass is 634 g/mol. The Kier molecular flexibility index (Phi) is 10.1. The van der Waals surface area contributed by atoms with Crippen molar-refractivity contribution in [2.75, 3.05) is 7.11 Å². The lowest BCUT2D eigenvalue weighted by molar-refractivity contribution is -0.153. The molecule has 0 bridgehead atoms. The fraction of sp³-hybridized carbons (Fsp3) is 0.973. The van der Waals surface area contributed by atoms with Gasteiger partial charge in [0.2, 0.25) is 0 Å². The first-order chi connectivity index (χ1) is 19.6. The summed E-state index contributed by atoms with van der Waals surface area (Å²) < 4.78 is 12.2. The van der Waals surface area contributed by atoms with Crippen molar-refractivity contribution in [1.29, 1.82) is 0 Å². The maximum atomic E-state index is 12.0. The van der Waals surface area contributed by atoms with Crippen molar-refractivity contribution in [3.8, 4) is 0 Å². The summed E-state index contributed by atoms with van der Waals surface area (Å²) in [4.78, 5) is 23.4. The summed E-state index contributed by atoms with van der Waals surface area (Å²) in [5.41, 5.74) is 0.752. The number of fused-ring (bicyclic) bond motifs is 5. The Bertz CT molecular complexity index is 996. The number of hydrogen-bond acceptors (Lipinski definition) is 4. The zero-order chi connectivity index (χ0) is 32.4. The number of carbonyl (C=O) groups is 1. The highest BCUT2D eigenvalue weighted by Crippen LogP contribution is 2.70. The van der Waals surface area contributed by atoms with Gasteiger partial charge in [-0.3, -0.25) is 4.79 Å². The van der Waals surface area contributed by atoms with Gasteiger partial charge in [-0.05, 0) is 153 Å². The molecule has 0 aliphatic heterocycles. The van der Waals surface area contributed by atoms with E-state index in [1.807, 2.05) is 0 Å². The summed E-state index contributed by atoms with van der Waals surface area (Å²) in [6.45, 7) is 28.8. The predicted molar refractivity (Wildman–Crippen MR) is 185 cm³/mol. The molecule has 0 heterocycles. The molecular weight excluding hydrogens is 565 g/mol. The second-order valence-corrected chi connectivity index (χ2v) is 28.5. The van der Waals surface area contributed by atoms with Crippen LogP contribution in [0.25, 0.3) is 0 Å². The molecule has 250 valence electrons. The van der Waals surface area contributed by atoms with Crippen molar-refractivity contribution >= 4 is 22.6 Å². The molecule has 4 saturated carbocycles. The number of hydrogen-bond donors (Lipinski definition) is 1. The van der Waals surface area contributed by atoms with Crippen molar-refractivity contribution < 1.29 is 18.8 Å². The van der Waals surface area contributed by atoms with Gasteiger partial charge in [-0.25, -0.2) is 0 Å². The van der Waals surface area contributed by atoms with Gasteiger partial charge in [0, 0.05) is 12.5 Å². The van der Waals surface area contributed by atoms with Crippen molar-refractivity contribution in [1.82, 2.24) is 0 Å². The Morgan fingerprint density at radius 2 is 1.51 bits per heavy atom. The number of carbonyl (C=O) groups excluding carboxylic acids is 1. The third-order valence-electron chi connectivity index (χ3n) is 15.3. The molecule has 0 amide bonds. The van der Waals surface area contributed by atoms with Crippen LogP contribution < -0.4 is 0 Å². The molecule has 4 aliphatic carbocycles. The van der Waals surface area contributed by atoms with E-state index in [1.54, 1.807) is 0 Å². The van der Waals surface area contributed by atoms with E-state index in [1.165, 1.54) is 58.5 Å². The molecule has 0 saturated heterocycles. The van der Waals surface area contributed by atoms with Gasteiger partial charge >= 0.3 is 5.97 Å². The van der Waals surface area contributed by atoms with Crippen LogP contribution in [0.2, 0.25) is 36.3 Å². The van der Waals surface area contributed by atoms with Crippen LogP contribution in [-0.2, 0) is 14.0 Å². The molecule has 6 heteroatoms. The summed E-state index contributed by atoms with van der Waals surface area (Å²) in [7, 11) is -2.64. The largest absolute Gasteiger partial charge is 0.469 e. The fourth-order valence-electron chi connectivity index (χ4n) is 10.9. The van der Waals surface area contributed by atoms with Crippen LogP contribution in [0, 0.1) is 52.3 Å².